The van der Waals surface area contributed by atoms with Crippen LogP contribution in [0.2, 0.25) is 0 Å². The fraction of sp³-hybridized carbons (Fsp3) is 0.257. The van der Waals surface area contributed by atoms with E-state index in [1.165, 1.54) is 29.2 Å². The van der Waals surface area contributed by atoms with Crippen LogP contribution in [0, 0.1) is 28.8 Å². The smallest absolute Gasteiger partial charge is 0.349 e. The predicted octanol–water partition coefficient (Wildman–Crippen LogP) is 7.66. The minimum absolute atomic E-state index is 0.191. The maximum absolute atomic E-state index is 14.5. The van der Waals surface area contributed by atoms with Gasteiger partial charge in [-0.05, 0) is 66.1 Å². The van der Waals surface area contributed by atoms with E-state index >= 15 is 0 Å². The largest absolute Gasteiger partial charge is 0.430 e. The Kier molecular flexibility index (Phi) is 10.0. The lowest BCUT2D eigenvalue weighted by Gasteiger charge is -2.38. The molecule has 268 valence electrons. The molecule has 1 fully saturated rings. The van der Waals surface area contributed by atoms with Gasteiger partial charge < -0.3 is 9.64 Å². The topological polar surface area (TPSA) is 87.5 Å². The molecule has 5 rings (SSSR count). The number of amides is 1. The summed E-state index contributed by atoms with van der Waals surface area (Å²) in [4.78, 5) is 14.1. The molecule has 0 bridgehead atoms. The highest BCUT2D eigenvalue weighted by Crippen LogP contribution is 2.54. The van der Waals surface area contributed by atoms with Crippen LogP contribution in [0.1, 0.15) is 34.2 Å². The highest BCUT2D eigenvalue weighted by atomic mass is 32.2. The average Bonchev–Trinajstić information content (AvgIpc) is 3.54. The third kappa shape index (κ3) is 6.79. The molecule has 1 saturated heterocycles. The van der Waals surface area contributed by atoms with Crippen molar-refractivity contribution in [1.82, 2.24) is 4.90 Å². The van der Waals surface area contributed by atoms with Gasteiger partial charge in [0.15, 0.2) is 9.84 Å². The van der Waals surface area contributed by atoms with E-state index in [-0.39, 0.29) is 24.9 Å². The van der Waals surface area contributed by atoms with Crippen LogP contribution in [0.4, 0.5) is 39.5 Å². The highest BCUT2D eigenvalue weighted by molar-refractivity contribution is 7.92. The molecule has 0 saturated carbocycles. The standard InChI is InChI=1S/C35H25F9N2O4S/c36-26-12-14-27(15-13-26)51(48,49)32(16-17-46(21-32)31(47)18-22-4-6-23(19-45)7-5-22)24-8-10-25(11-9-24)33(34(39,40)41,35(42,43)44)50-20-28-29(37)2-1-3-30(28)38/h1-15H,16-18,20-21H2. The Hall–Kier alpha value is -4.88. The number of alkyl halides is 6. The predicted molar refractivity (Wildman–Crippen MR) is 163 cm³/mol. The Morgan fingerprint density at radius 3 is 1.92 bits per heavy atom. The highest BCUT2D eigenvalue weighted by Gasteiger charge is 2.73. The van der Waals surface area contributed by atoms with Gasteiger partial charge in [0.25, 0.3) is 5.60 Å². The second-order valence-corrected chi connectivity index (χ2v) is 14.0. The molecule has 1 amide bonds. The van der Waals surface area contributed by atoms with Gasteiger partial charge in [0, 0.05) is 24.2 Å². The molecule has 4 aromatic carbocycles. The van der Waals surface area contributed by atoms with Gasteiger partial charge in [-0.15, -0.1) is 0 Å². The lowest BCUT2D eigenvalue weighted by Crippen LogP contribution is -2.56. The van der Waals surface area contributed by atoms with E-state index in [2.05, 4.69) is 4.74 Å². The number of sulfone groups is 1. The first-order valence-electron chi connectivity index (χ1n) is 14.9. The molecule has 0 N–H and O–H groups in total. The van der Waals surface area contributed by atoms with Gasteiger partial charge in [0.2, 0.25) is 5.91 Å². The molecule has 0 radical (unpaired) electrons. The first-order valence-corrected chi connectivity index (χ1v) is 16.4. The molecule has 6 nitrogen and oxygen atoms in total. The van der Waals surface area contributed by atoms with E-state index in [1.54, 1.807) is 0 Å². The van der Waals surface area contributed by atoms with Gasteiger partial charge in [-0.1, -0.05) is 42.5 Å². The SMILES string of the molecule is N#Cc1ccc(CC(=O)N2CCC(c3ccc(C(OCc4c(F)cccc4F)(C(F)(F)F)C(F)(F)F)cc3)(S(=O)(=O)c3ccc(F)cc3)C2)cc1. The number of likely N-dealkylation sites (tertiary alicyclic amines) is 1. The molecule has 1 aliphatic heterocycles. The van der Waals surface area contributed by atoms with Gasteiger partial charge in [0.1, 0.15) is 22.2 Å². The zero-order valence-electron chi connectivity index (χ0n) is 26.0. The van der Waals surface area contributed by atoms with Crippen molar-refractivity contribution >= 4 is 15.7 Å². The number of hydrogen-bond donors (Lipinski definition) is 0. The summed E-state index contributed by atoms with van der Waals surface area (Å²) in [5.41, 5.74) is -7.35. The van der Waals surface area contributed by atoms with Gasteiger partial charge >= 0.3 is 12.4 Å². The molecular formula is C35H25F9N2O4S. The number of ether oxygens (including phenoxy) is 1. The summed E-state index contributed by atoms with van der Waals surface area (Å²) >= 11 is 0. The molecule has 1 unspecified atom stereocenters. The van der Waals surface area contributed by atoms with Crippen molar-refractivity contribution in [3.8, 4) is 6.07 Å². The Bertz CT molecular complexity index is 2030. The van der Waals surface area contributed by atoms with Crippen molar-refractivity contribution in [2.24, 2.45) is 0 Å². The molecule has 16 heteroatoms. The van der Waals surface area contributed by atoms with E-state index in [1.807, 2.05) is 6.07 Å². The summed E-state index contributed by atoms with van der Waals surface area (Å²) in [6.07, 6.45) is -13.1. The van der Waals surface area contributed by atoms with Crippen molar-refractivity contribution < 1.29 is 57.5 Å². The van der Waals surface area contributed by atoms with E-state index < -0.39 is 85.1 Å². The average molecular weight is 741 g/mol. The van der Waals surface area contributed by atoms with Crippen molar-refractivity contribution in [3.63, 3.8) is 0 Å². The number of rotatable bonds is 9. The van der Waals surface area contributed by atoms with E-state index in [0.29, 0.717) is 35.4 Å². The summed E-state index contributed by atoms with van der Waals surface area (Å²) in [6, 6.07) is 15.8. The molecule has 0 aliphatic carbocycles. The maximum atomic E-state index is 14.5. The van der Waals surface area contributed by atoms with Gasteiger partial charge in [-0.25, -0.2) is 21.6 Å². The van der Waals surface area contributed by atoms with Gasteiger partial charge in [-0.3, -0.25) is 4.79 Å². The number of carbonyl (C=O) groups is 1. The quantitative estimate of drug-likeness (QED) is 0.130. The van der Waals surface area contributed by atoms with E-state index in [0.717, 1.165) is 42.5 Å². The third-order valence-electron chi connectivity index (χ3n) is 8.77. The molecule has 4 aromatic rings. The number of carbonyl (C=O) groups excluding carboxylic acids is 1. The minimum atomic E-state index is -6.24. The Morgan fingerprint density at radius 2 is 1.39 bits per heavy atom. The number of nitrogens with zero attached hydrogens (tertiary/aromatic N) is 2. The lowest BCUT2D eigenvalue weighted by molar-refractivity contribution is -0.392. The molecular weight excluding hydrogens is 715 g/mol. The van der Waals surface area contributed by atoms with Crippen LogP contribution in [0.3, 0.4) is 0 Å². The Morgan fingerprint density at radius 1 is 0.824 bits per heavy atom. The summed E-state index contributed by atoms with van der Waals surface area (Å²) in [5, 5.41) is 9.02. The van der Waals surface area contributed by atoms with Crippen LogP contribution < -0.4 is 0 Å². The fourth-order valence-electron chi connectivity index (χ4n) is 6.02. The van der Waals surface area contributed by atoms with Gasteiger partial charge in [-0.2, -0.15) is 31.6 Å². The second-order valence-electron chi connectivity index (χ2n) is 11.7. The number of nitriles is 1. The molecule has 0 aromatic heterocycles. The van der Waals surface area contributed by atoms with Crippen molar-refractivity contribution in [3.05, 3.63) is 136 Å². The Labute approximate surface area is 285 Å². The van der Waals surface area contributed by atoms with Crippen LogP contribution in [-0.2, 0) is 42.7 Å². The summed E-state index contributed by atoms with van der Waals surface area (Å²) in [5.74, 6) is -4.24. The molecule has 1 atom stereocenters. The van der Waals surface area contributed by atoms with Crippen LogP contribution >= 0.6 is 0 Å². The zero-order chi connectivity index (χ0) is 37.4. The normalized spacial score (nSPS) is 17.0. The van der Waals surface area contributed by atoms with Crippen molar-refractivity contribution in [2.45, 2.75) is 47.0 Å². The lowest BCUT2D eigenvalue weighted by atomic mass is 9.88. The third-order valence-corrected chi connectivity index (χ3v) is 11.3. The number of halogens is 9. The van der Waals surface area contributed by atoms with Gasteiger partial charge in [0.05, 0.1) is 29.6 Å². The summed E-state index contributed by atoms with van der Waals surface area (Å²) in [7, 11) is -4.63. The van der Waals surface area contributed by atoms with Crippen LogP contribution in [0.15, 0.2) is 95.9 Å². The van der Waals surface area contributed by atoms with Crippen LogP contribution in [0.25, 0.3) is 0 Å². The zero-order valence-corrected chi connectivity index (χ0v) is 26.8. The minimum Gasteiger partial charge on any atom is -0.349 e. The maximum Gasteiger partial charge on any atom is 0.430 e. The summed E-state index contributed by atoms with van der Waals surface area (Å²) in [6.45, 7) is -2.55. The first kappa shape index (κ1) is 37.4. The van der Waals surface area contributed by atoms with E-state index in [9.17, 15) is 52.7 Å². The first-order chi connectivity index (χ1) is 23.9. The second kappa shape index (κ2) is 13.7. The van der Waals surface area contributed by atoms with E-state index in [4.69, 9.17) is 5.26 Å². The fourth-order valence-corrected chi connectivity index (χ4v) is 8.10. The molecule has 1 aliphatic rings. The Balaban J connectivity index is 1.58. The van der Waals surface area contributed by atoms with Crippen LogP contribution in [-0.4, -0.2) is 44.7 Å². The molecule has 0 spiro atoms. The van der Waals surface area contributed by atoms with Crippen molar-refractivity contribution in [1.29, 1.82) is 5.26 Å². The monoisotopic (exact) mass is 740 g/mol. The summed E-state index contributed by atoms with van der Waals surface area (Å²) < 4.78 is 160. The number of benzene rings is 4. The van der Waals surface area contributed by atoms with Crippen LogP contribution in [0.5, 0.6) is 0 Å². The molecule has 51 heavy (non-hydrogen) atoms. The van der Waals surface area contributed by atoms with Crippen molar-refractivity contribution in [2.75, 3.05) is 13.1 Å². The number of hydrogen-bond acceptors (Lipinski definition) is 5. The molecule has 1 heterocycles.